The highest BCUT2D eigenvalue weighted by Gasteiger charge is 2.18. The van der Waals surface area contributed by atoms with E-state index < -0.39 is 0 Å². The number of rotatable bonds is 5. The Labute approximate surface area is 118 Å². The maximum atomic E-state index is 4.51. The third kappa shape index (κ3) is 3.64. The molecule has 0 bridgehead atoms. The van der Waals surface area contributed by atoms with Gasteiger partial charge in [0.05, 0.1) is 11.0 Å². The molecule has 0 amide bonds. The second-order valence-electron chi connectivity index (χ2n) is 5.70. The van der Waals surface area contributed by atoms with E-state index in [-0.39, 0.29) is 11.5 Å². The number of hydrogen-bond acceptors (Lipinski definition) is 4. The first kappa shape index (κ1) is 14.2. The van der Waals surface area contributed by atoms with Crippen molar-refractivity contribution in [2.24, 2.45) is 0 Å². The van der Waals surface area contributed by atoms with Crippen molar-refractivity contribution in [3.63, 3.8) is 0 Å². The van der Waals surface area contributed by atoms with Crippen LogP contribution in [0.5, 0.6) is 0 Å². The van der Waals surface area contributed by atoms with Crippen LogP contribution in [0.25, 0.3) is 0 Å². The molecule has 1 unspecified atom stereocenters. The molecular formula is C14H22N4S. The summed E-state index contributed by atoms with van der Waals surface area (Å²) in [5.41, 5.74) is 0.133. The number of thiazole rings is 1. The fourth-order valence-corrected chi connectivity index (χ4v) is 2.78. The smallest absolute Gasteiger partial charge is 0.123 e. The average Bonchev–Trinajstić information content (AvgIpc) is 2.99. The largest absolute Gasteiger partial charge is 0.347 e. The van der Waals surface area contributed by atoms with Crippen molar-refractivity contribution < 1.29 is 0 Å². The van der Waals surface area contributed by atoms with E-state index in [1.165, 1.54) is 9.88 Å². The lowest BCUT2D eigenvalue weighted by molar-refractivity contribution is 0.500. The lowest BCUT2D eigenvalue weighted by Crippen LogP contribution is -2.20. The van der Waals surface area contributed by atoms with Crippen LogP contribution in [0, 0.1) is 0 Å². The summed E-state index contributed by atoms with van der Waals surface area (Å²) in [5.74, 6) is 1.00. The quantitative estimate of drug-likeness (QED) is 0.881. The van der Waals surface area contributed by atoms with Crippen LogP contribution in [0.15, 0.2) is 18.6 Å². The minimum atomic E-state index is 0.133. The van der Waals surface area contributed by atoms with Crippen molar-refractivity contribution in [1.82, 2.24) is 20.3 Å². The van der Waals surface area contributed by atoms with Crippen molar-refractivity contribution in [2.75, 3.05) is 0 Å². The van der Waals surface area contributed by atoms with E-state index in [9.17, 15) is 0 Å². The van der Waals surface area contributed by atoms with E-state index in [4.69, 9.17) is 0 Å². The van der Waals surface area contributed by atoms with Gasteiger partial charge in [-0.1, -0.05) is 27.7 Å². The molecular weight excluding hydrogens is 256 g/mol. The highest BCUT2D eigenvalue weighted by Crippen LogP contribution is 2.27. The summed E-state index contributed by atoms with van der Waals surface area (Å²) in [5, 5.41) is 4.72. The van der Waals surface area contributed by atoms with Crippen LogP contribution in [-0.4, -0.2) is 15.0 Å². The molecule has 5 heteroatoms. The topological polar surface area (TPSA) is 53.6 Å². The summed E-state index contributed by atoms with van der Waals surface area (Å²) in [6.45, 7) is 9.59. The summed E-state index contributed by atoms with van der Waals surface area (Å²) in [4.78, 5) is 13.3. The van der Waals surface area contributed by atoms with Gasteiger partial charge in [0, 0.05) is 35.4 Å². The first-order valence-corrected chi connectivity index (χ1v) is 7.50. The Hall–Kier alpha value is -1.20. The molecule has 0 aliphatic rings. The monoisotopic (exact) mass is 278 g/mol. The van der Waals surface area contributed by atoms with Gasteiger partial charge in [0.1, 0.15) is 5.82 Å². The number of aromatic amines is 1. The van der Waals surface area contributed by atoms with Crippen LogP contribution in [0.2, 0.25) is 0 Å². The zero-order chi connectivity index (χ0) is 13.9. The summed E-state index contributed by atoms with van der Waals surface area (Å²) in [6.07, 6.45) is 6.65. The first-order chi connectivity index (χ1) is 9.00. The zero-order valence-corrected chi connectivity index (χ0v) is 12.8. The normalized spacial score (nSPS) is 13.7. The standard InChI is InChI=1S/C14H22N4S/c1-5-11(12-15-6-7-16-12)17-8-10-9-18-13(19-10)14(2,3)4/h6-7,9,11,17H,5,8H2,1-4H3,(H,15,16). The predicted octanol–water partition coefficient (Wildman–Crippen LogP) is 3.40. The molecule has 4 nitrogen and oxygen atoms in total. The molecule has 0 fully saturated rings. The average molecular weight is 278 g/mol. The number of aromatic nitrogens is 3. The van der Waals surface area contributed by atoms with Crippen LogP contribution in [-0.2, 0) is 12.0 Å². The number of nitrogens with zero attached hydrogens (tertiary/aromatic N) is 2. The van der Waals surface area contributed by atoms with Gasteiger partial charge in [0.15, 0.2) is 0 Å². The van der Waals surface area contributed by atoms with Crippen molar-refractivity contribution in [3.8, 4) is 0 Å². The fraction of sp³-hybridized carbons (Fsp3) is 0.571. The van der Waals surface area contributed by atoms with Crippen LogP contribution in [0.3, 0.4) is 0 Å². The summed E-state index contributed by atoms with van der Waals surface area (Å²) in [6, 6.07) is 0.273. The molecule has 0 aliphatic carbocycles. The summed E-state index contributed by atoms with van der Waals surface area (Å²) in [7, 11) is 0. The number of imidazole rings is 1. The molecule has 19 heavy (non-hydrogen) atoms. The second kappa shape index (κ2) is 5.84. The van der Waals surface area contributed by atoms with Gasteiger partial charge in [-0.25, -0.2) is 9.97 Å². The summed E-state index contributed by atoms with van der Waals surface area (Å²) >= 11 is 1.79. The van der Waals surface area contributed by atoms with Crippen LogP contribution in [0.4, 0.5) is 0 Å². The number of hydrogen-bond donors (Lipinski definition) is 2. The number of H-pyrrole nitrogens is 1. The molecule has 2 heterocycles. The molecule has 2 aromatic heterocycles. The molecule has 1 atom stereocenters. The molecule has 0 saturated heterocycles. The minimum Gasteiger partial charge on any atom is -0.347 e. The predicted molar refractivity (Wildman–Crippen MR) is 79.3 cm³/mol. The lowest BCUT2D eigenvalue weighted by Gasteiger charge is -2.14. The van der Waals surface area contributed by atoms with Gasteiger partial charge < -0.3 is 10.3 Å². The molecule has 0 radical (unpaired) electrons. The van der Waals surface area contributed by atoms with Crippen molar-refractivity contribution in [2.45, 2.75) is 52.1 Å². The summed E-state index contributed by atoms with van der Waals surface area (Å²) < 4.78 is 0. The molecule has 2 rings (SSSR count). The third-order valence-electron chi connectivity index (χ3n) is 2.98. The van der Waals surface area contributed by atoms with Crippen molar-refractivity contribution in [3.05, 3.63) is 34.3 Å². The minimum absolute atomic E-state index is 0.133. The zero-order valence-electron chi connectivity index (χ0n) is 12.0. The van der Waals surface area contributed by atoms with Gasteiger partial charge in [-0.2, -0.15) is 0 Å². The SMILES string of the molecule is CCC(NCc1cnc(C(C)(C)C)s1)c1ncc[nH]1. The Morgan fingerprint density at radius 1 is 1.37 bits per heavy atom. The Bertz CT molecular complexity index is 496. The molecule has 2 aromatic rings. The molecule has 104 valence electrons. The van der Waals surface area contributed by atoms with E-state index >= 15 is 0 Å². The highest BCUT2D eigenvalue weighted by atomic mass is 32.1. The van der Waals surface area contributed by atoms with Gasteiger partial charge in [-0.15, -0.1) is 11.3 Å². The van der Waals surface area contributed by atoms with E-state index in [0.29, 0.717) is 0 Å². The van der Waals surface area contributed by atoms with Gasteiger partial charge in [0.2, 0.25) is 0 Å². The second-order valence-corrected chi connectivity index (χ2v) is 6.81. The fourth-order valence-electron chi connectivity index (χ4n) is 1.86. The van der Waals surface area contributed by atoms with E-state index in [1.807, 2.05) is 12.4 Å². The van der Waals surface area contributed by atoms with Gasteiger partial charge >= 0.3 is 0 Å². The van der Waals surface area contributed by atoms with Crippen molar-refractivity contribution >= 4 is 11.3 Å². The Morgan fingerprint density at radius 3 is 2.68 bits per heavy atom. The Kier molecular flexibility index (Phi) is 4.37. The third-order valence-corrected chi connectivity index (χ3v) is 4.40. The van der Waals surface area contributed by atoms with Crippen molar-refractivity contribution in [1.29, 1.82) is 0 Å². The molecule has 0 saturated carbocycles. The van der Waals surface area contributed by atoms with Crippen LogP contribution in [0.1, 0.15) is 55.9 Å². The Morgan fingerprint density at radius 2 is 2.16 bits per heavy atom. The van der Waals surface area contributed by atoms with E-state index in [1.54, 1.807) is 17.5 Å². The molecule has 0 aliphatic heterocycles. The van der Waals surface area contributed by atoms with Gasteiger partial charge in [-0.05, 0) is 6.42 Å². The molecule has 2 N–H and O–H groups in total. The van der Waals surface area contributed by atoms with E-state index in [2.05, 4.69) is 48.0 Å². The lowest BCUT2D eigenvalue weighted by atomic mass is 9.98. The van der Waals surface area contributed by atoms with Crippen LogP contribution < -0.4 is 5.32 Å². The first-order valence-electron chi connectivity index (χ1n) is 6.68. The van der Waals surface area contributed by atoms with E-state index in [0.717, 1.165) is 18.8 Å². The van der Waals surface area contributed by atoms with Crippen LogP contribution >= 0.6 is 11.3 Å². The maximum absolute atomic E-state index is 4.51. The van der Waals surface area contributed by atoms with Gasteiger partial charge in [-0.3, -0.25) is 0 Å². The molecule has 0 spiro atoms. The highest BCUT2D eigenvalue weighted by molar-refractivity contribution is 7.11. The molecule has 0 aromatic carbocycles. The van der Waals surface area contributed by atoms with Gasteiger partial charge in [0.25, 0.3) is 0 Å². The Balaban J connectivity index is 1.96. The maximum Gasteiger partial charge on any atom is 0.123 e. The number of nitrogens with one attached hydrogen (secondary N) is 2.